The average molecular weight is 237 g/mol. The van der Waals surface area contributed by atoms with Crippen molar-refractivity contribution in [3.8, 4) is 5.75 Å². The summed E-state index contributed by atoms with van der Waals surface area (Å²) in [4.78, 5) is 11.4. The minimum absolute atomic E-state index is 0.0510. The van der Waals surface area contributed by atoms with Crippen LogP contribution in [0, 0.1) is 6.92 Å². The summed E-state index contributed by atoms with van der Waals surface area (Å²) in [5.41, 5.74) is 1.17. The molecule has 94 valence electrons. The first kappa shape index (κ1) is 13.5. The quantitative estimate of drug-likeness (QED) is 0.783. The molecule has 1 atom stereocenters. The van der Waals surface area contributed by atoms with Gasteiger partial charge in [0.1, 0.15) is 5.75 Å². The third-order valence-corrected chi connectivity index (χ3v) is 2.30. The Hall–Kier alpha value is -1.55. The Balaban J connectivity index is 2.23. The van der Waals surface area contributed by atoms with Crippen molar-refractivity contribution in [1.29, 1.82) is 0 Å². The molecule has 2 N–H and O–H groups in total. The van der Waals surface area contributed by atoms with Crippen LogP contribution in [0.1, 0.15) is 18.9 Å². The molecule has 0 saturated carbocycles. The second kappa shape index (κ2) is 6.91. The lowest BCUT2D eigenvalue weighted by Gasteiger charge is -2.11. The molecule has 0 aliphatic rings. The Morgan fingerprint density at radius 2 is 2.06 bits per heavy atom. The van der Waals surface area contributed by atoms with E-state index in [1.165, 1.54) is 5.56 Å². The maximum absolute atomic E-state index is 11.4. The van der Waals surface area contributed by atoms with Crippen LogP contribution in [0.2, 0.25) is 0 Å². The number of aliphatic hydroxyl groups excluding tert-OH is 1. The lowest BCUT2D eigenvalue weighted by atomic mass is 10.2. The van der Waals surface area contributed by atoms with Crippen LogP contribution in [-0.2, 0) is 4.79 Å². The Bertz CT molecular complexity index is 348. The van der Waals surface area contributed by atoms with E-state index < -0.39 is 0 Å². The molecule has 1 aromatic carbocycles. The van der Waals surface area contributed by atoms with E-state index in [0.717, 1.165) is 5.75 Å². The molecule has 17 heavy (non-hydrogen) atoms. The van der Waals surface area contributed by atoms with Crippen molar-refractivity contribution < 1.29 is 14.6 Å². The van der Waals surface area contributed by atoms with Crippen molar-refractivity contribution in [2.75, 3.05) is 13.2 Å². The Morgan fingerprint density at radius 3 is 2.65 bits per heavy atom. The number of aliphatic hydroxyl groups is 1. The zero-order valence-electron chi connectivity index (χ0n) is 10.3. The molecule has 0 bridgehead atoms. The molecular formula is C13H19NO3. The molecule has 1 amide bonds. The number of hydrogen-bond acceptors (Lipinski definition) is 3. The number of amides is 1. The number of nitrogens with one attached hydrogen (secondary N) is 1. The highest BCUT2D eigenvalue weighted by molar-refractivity contribution is 5.76. The summed E-state index contributed by atoms with van der Waals surface area (Å²) in [5, 5.41) is 11.4. The normalized spacial score (nSPS) is 11.9. The molecular weight excluding hydrogens is 218 g/mol. The number of aryl methyl sites for hydroxylation is 1. The lowest BCUT2D eigenvalue weighted by molar-refractivity contribution is -0.122. The van der Waals surface area contributed by atoms with Gasteiger partial charge in [0, 0.05) is 6.04 Å². The van der Waals surface area contributed by atoms with E-state index in [1.54, 1.807) is 6.92 Å². The first-order chi connectivity index (χ1) is 8.11. The van der Waals surface area contributed by atoms with Crippen LogP contribution >= 0.6 is 0 Å². The number of ether oxygens (including phenoxy) is 1. The number of benzene rings is 1. The summed E-state index contributed by atoms with van der Waals surface area (Å²) < 4.78 is 5.42. The van der Waals surface area contributed by atoms with E-state index in [4.69, 9.17) is 9.84 Å². The molecule has 4 heteroatoms. The molecule has 4 nitrogen and oxygen atoms in total. The van der Waals surface area contributed by atoms with Gasteiger partial charge in [0.2, 0.25) is 5.91 Å². The molecule has 0 aliphatic heterocycles. The van der Waals surface area contributed by atoms with Gasteiger partial charge in [-0.2, -0.15) is 0 Å². The van der Waals surface area contributed by atoms with Gasteiger partial charge in [-0.05, 0) is 26.0 Å². The summed E-state index contributed by atoms with van der Waals surface area (Å²) in [6, 6.07) is 7.47. The van der Waals surface area contributed by atoms with Gasteiger partial charge in [-0.1, -0.05) is 17.7 Å². The summed E-state index contributed by atoms with van der Waals surface area (Å²) >= 11 is 0. The molecule has 0 spiro atoms. The van der Waals surface area contributed by atoms with E-state index in [0.29, 0.717) is 6.61 Å². The fourth-order valence-corrected chi connectivity index (χ4v) is 1.29. The minimum Gasteiger partial charge on any atom is -0.493 e. The first-order valence-corrected chi connectivity index (χ1v) is 5.71. The highest BCUT2D eigenvalue weighted by atomic mass is 16.5. The monoisotopic (exact) mass is 237 g/mol. The molecule has 0 radical (unpaired) electrons. The second-order valence-electron chi connectivity index (χ2n) is 4.06. The molecule has 1 rings (SSSR count). The van der Waals surface area contributed by atoms with E-state index >= 15 is 0 Å². The minimum atomic E-state index is -0.207. The summed E-state index contributed by atoms with van der Waals surface area (Å²) in [5.74, 6) is 0.650. The van der Waals surface area contributed by atoms with Crippen molar-refractivity contribution in [2.45, 2.75) is 26.3 Å². The van der Waals surface area contributed by atoms with Crippen LogP contribution in [-0.4, -0.2) is 30.3 Å². The molecule has 0 unspecified atom stereocenters. The first-order valence-electron chi connectivity index (χ1n) is 5.71. The van der Waals surface area contributed by atoms with E-state index in [-0.39, 0.29) is 25.0 Å². The molecule has 0 fully saturated rings. The summed E-state index contributed by atoms with van der Waals surface area (Å²) in [7, 11) is 0. The van der Waals surface area contributed by atoms with Gasteiger partial charge < -0.3 is 15.2 Å². The highest BCUT2D eigenvalue weighted by Crippen LogP contribution is 2.11. The van der Waals surface area contributed by atoms with E-state index in [2.05, 4.69) is 5.32 Å². The fourth-order valence-electron chi connectivity index (χ4n) is 1.29. The van der Waals surface area contributed by atoms with Crippen molar-refractivity contribution in [1.82, 2.24) is 5.32 Å². The van der Waals surface area contributed by atoms with Gasteiger partial charge in [-0.25, -0.2) is 0 Å². The number of carbonyl (C=O) groups excluding carboxylic acids is 1. The smallest absolute Gasteiger partial charge is 0.223 e. The third-order valence-electron chi connectivity index (χ3n) is 2.30. The summed E-state index contributed by atoms with van der Waals surface area (Å²) in [6.45, 7) is 4.05. The van der Waals surface area contributed by atoms with Crippen molar-refractivity contribution >= 4 is 5.91 Å². The van der Waals surface area contributed by atoms with E-state index in [1.807, 2.05) is 31.2 Å². The molecule has 0 aliphatic carbocycles. The topological polar surface area (TPSA) is 58.6 Å². The van der Waals surface area contributed by atoms with Gasteiger partial charge >= 0.3 is 0 Å². The Morgan fingerprint density at radius 1 is 1.41 bits per heavy atom. The lowest BCUT2D eigenvalue weighted by Crippen LogP contribution is -2.35. The van der Waals surface area contributed by atoms with Gasteiger partial charge in [0.05, 0.1) is 19.6 Å². The predicted octanol–water partition coefficient (Wildman–Crippen LogP) is 1.26. The molecule has 0 saturated heterocycles. The second-order valence-corrected chi connectivity index (χ2v) is 4.06. The fraction of sp³-hybridized carbons (Fsp3) is 0.462. The van der Waals surface area contributed by atoms with Crippen molar-refractivity contribution in [3.63, 3.8) is 0 Å². The van der Waals surface area contributed by atoms with Crippen LogP contribution in [0.3, 0.4) is 0 Å². The maximum atomic E-state index is 11.4. The molecule has 0 heterocycles. The van der Waals surface area contributed by atoms with Gasteiger partial charge in [-0.15, -0.1) is 0 Å². The average Bonchev–Trinajstić information content (AvgIpc) is 2.31. The number of carbonyl (C=O) groups is 1. The largest absolute Gasteiger partial charge is 0.493 e. The molecule has 0 aromatic heterocycles. The number of hydrogen-bond donors (Lipinski definition) is 2. The van der Waals surface area contributed by atoms with Gasteiger partial charge in [0.25, 0.3) is 0 Å². The highest BCUT2D eigenvalue weighted by Gasteiger charge is 2.05. The van der Waals surface area contributed by atoms with Crippen molar-refractivity contribution in [3.05, 3.63) is 29.8 Å². The summed E-state index contributed by atoms with van der Waals surface area (Å²) in [6.07, 6.45) is 0.290. The van der Waals surface area contributed by atoms with E-state index in [9.17, 15) is 4.79 Å². The van der Waals surface area contributed by atoms with Crippen molar-refractivity contribution in [2.24, 2.45) is 0 Å². The van der Waals surface area contributed by atoms with Gasteiger partial charge in [-0.3, -0.25) is 4.79 Å². The zero-order valence-corrected chi connectivity index (χ0v) is 10.3. The van der Waals surface area contributed by atoms with Gasteiger partial charge in [0.15, 0.2) is 0 Å². The maximum Gasteiger partial charge on any atom is 0.223 e. The molecule has 1 aromatic rings. The van der Waals surface area contributed by atoms with Crippen LogP contribution in [0.25, 0.3) is 0 Å². The SMILES string of the molecule is Cc1ccc(OCCC(=O)N[C@H](C)CO)cc1. The van der Waals surface area contributed by atoms with Crippen LogP contribution < -0.4 is 10.1 Å². The number of rotatable bonds is 6. The Labute approximate surface area is 102 Å². The Kier molecular flexibility index (Phi) is 5.49. The van der Waals surface area contributed by atoms with Crippen LogP contribution in [0.5, 0.6) is 5.75 Å². The standard InChI is InChI=1S/C13H19NO3/c1-10-3-5-12(6-4-10)17-8-7-13(16)14-11(2)9-15/h3-6,11,15H,7-9H2,1-2H3,(H,14,16)/t11-/m1/s1. The zero-order chi connectivity index (χ0) is 12.7. The van der Waals surface area contributed by atoms with Crippen LogP contribution in [0.15, 0.2) is 24.3 Å². The third kappa shape index (κ3) is 5.36. The van der Waals surface area contributed by atoms with Crippen LogP contribution in [0.4, 0.5) is 0 Å². The predicted molar refractivity (Wildman–Crippen MR) is 66.0 cm³/mol.